The monoisotopic (exact) mass is 388 g/mol. The number of carbonyl (C=O) groups is 1. The number of hydrogen-bond acceptors (Lipinski definition) is 4. The van der Waals surface area contributed by atoms with Crippen molar-refractivity contribution < 1.29 is 17.9 Å². The number of nitrogens with zero attached hydrogens (tertiary/aromatic N) is 1. The van der Waals surface area contributed by atoms with Crippen LogP contribution in [0.15, 0.2) is 47.4 Å². The third-order valence-electron chi connectivity index (χ3n) is 4.51. The van der Waals surface area contributed by atoms with E-state index in [4.69, 9.17) is 4.74 Å². The molecule has 0 aliphatic carbocycles. The van der Waals surface area contributed by atoms with E-state index in [9.17, 15) is 13.2 Å². The van der Waals surface area contributed by atoms with Gasteiger partial charge in [0.1, 0.15) is 5.75 Å². The first-order chi connectivity index (χ1) is 12.9. The van der Waals surface area contributed by atoms with Gasteiger partial charge >= 0.3 is 0 Å². The lowest BCUT2D eigenvalue weighted by Gasteiger charge is -2.17. The minimum Gasteiger partial charge on any atom is -0.483 e. The number of amides is 1. The van der Waals surface area contributed by atoms with Gasteiger partial charge in [0.15, 0.2) is 6.61 Å². The van der Waals surface area contributed by atoms with Gasteiger partial charge in [-0.2, -0.15) is 4.31 Å². The third-order valence-corrected chi connectivity index (χ3v) is 6.40. The van der Waals surface area contributed by atoms with Crippen LogP contribution in [0.4, 0.5) is 5.69 Å². The van der Waals surface area contributed by atoms with E-state index in [0.717, 1.165) is 18.4 Å². The zero-order chi connectivity index (χ0) is 19.4. The van der Waals surface area contributed by atoms with E-state index in [1.165, 1.54) is 10.4 Å². The fourth-order valence-electron chi connectivity index (χ4n) is 3.09. The van der Waals surface area contributed by atoms with Crippen LogP contribution >= 0.6 is 0 Å². The highest BCUT2D eigenvalue weighted by Gasteiger charge is 2.27. The van der Waals surface area contributed by atoms with Crippen LogP contribution in [0, 0.1) is 13.8 Å². The quantitative estimate of drug-likeness (QED) is 0.825. The Morgan fingerprint density at radius 3 is 2.52 bits per heavy atom. The second-order valence-corrected chi connectivity index (χ2v) is 8.68. The van der Waals surface area contributed by atoms with Crippen LogP contribution in [0.25, 0.3) is 0 Å². The second-order valence-electron chi connectivity index (χ2n) is 6.74. The molecule has 0 bridgehead atoms. The molecule has 1 heterocycles. The molecule has 0 aromatic heterocycles. The zero-order valence-corrected chi connectivity index (χ0v) is 16.4. The maximum atomic E-state index is 12.6. The van der Waals surface area contributed by atoms with E-state index >= 15 is 0 Å². The van der Waals surface area contributed by atoms with Crippen molar-refractivity contribution in [2.24, 2.45) is 0 Å². The largest absolute Gasteiger partial charge is 0.483 e. The number of rotatable bonds is 6. The third kappa shape index (κ3) is 4.67. The molecule has 1 aliphatic heterocycles. The van der Waals surface area contributed by atoms with Gasteiger partial charge in [-0.05, 0) is 68.1 Å². The number of ether oxygens (including phenoxy) is 1. The predicted octanol–water partition coefficient (Wildman–Crippen LogP) is 3.11. The molecule has 1 aliphatic rings. The maximum Gasteiger partial charge on any atom is 0.262 e. The van der Waals surface area contributed by atoms with Crippen molar-refractivity contribution in [3.8, 4) is 5.75 Å². The Morgan fingerprint density at radius 1 is 1.11 bits per heavy atom. The van der Waals surface area contributed by atoms with E-state index < -0.39 is 10.0 Å². The smallest absolute Gasteiger partial charge is 0.262 e. The van der Waals surface area contributed by atoms with Gasteiger partial charge < -0.3 is 10.1 Å². The van der Waals surface area contributed by atoms with Crippen molar-refractivity contribution >= 4 is 21.6 Å². The topological polar surface area (TPSA) is 75.7 Å². The highest BCUT2D eigenvalue weighted by atomic mass is 32.2. The van der Waals surface area contributed by atoms with Crippen LogP contribution in [0.2, 0.25) is 0 Å². The molecule has 6 nitrogen and oxygen atoms in total. The van der Waals surface area contributed by atoms with Crippen molar-refractivity contribution in [2.45, 2.75) is 31.6 Å². The summed E-state index contributed by atoms with van der Waals surface area (Å²) in [5, 5.41) is 2.78. The van der Waals surface area contributed by atoms with Crippen molar-refractivity contribution in [3.63, 3.8) is 0 Å². The Kier molecular flexibility index (Phi) is 5.82. The van der Waals surface area contributed by atoms with Crippen molar-refractivity contribution in [2.75, 3.05) is 25.0 Å². The van der Waals surface area contributed by atoms with E-state index in [0.29, 0.717) is 30.1 Å². The first kappa shape index (κ1) is 19.4. The average molecular weight is 388 g/mol. The summed E-state index contributed by atoms with van der Waals surface area (Å²) in [7, 11) is -3.46. The lowest BCUT2D eigenvalue weighted by Crippen LogP contribution is -2.27. The molecule has 27 heavy (non-hydrogen) atoms. The second kappa shape index (κ2) is 8.10. The molecule has 3 rings (SSSR count). The van der Waals surface area contributed by atoms with Crippen LogP contribution < -0.4 is 10.1 Å². The lowest BCUT2D eigenvalue weighted by molar-refractivity contribution is -0.118. The molecule has 0 spiro atoms. The molecular formula is C20H24N2O4S. The molecule has 1 fully saturated rings. The molecule has 1 amide bonds. The molecule has 0 atom stereocenters. The van der Waals surface area contributed by atoms with Crippen LogP contribution in [0.3, 0.4) is 0 Å². The maximum absolute atomic E-state index is 12.6. The van der Waals surface area contributed by atoms with Gasteiger partial charge in [-0.25, -0.2) is 8.42 Å². The summed E-state index contributed by atoms with van der Waals surface area (Å²) in [6, 6.07) is 12.3. The Balaban J connectivity index is 1.63. The minimum atomic E-state index is -3.46. The lowest BCUT2D eigenvalue weighted by atomic mass is 10.2. The number of carbonyl (C=O) groups excluding carboxylic acids is 1. The minimum absolute atomic E-state index is 0.146. The molecule has 7 heteroatoms. The van der Waals surface area contributed by atoms with Gasteiger partial charge in [-0.3, -0.25) is 4.79 Å². The van der Waals surface area contributed by atoms with Gasteiger partial charge in [0.2, 0.25) is 10.0 Å². The molecule has 1 N–H and O–H groups in total. The molecule has 144 valence electrons. The Morgan fingerprint density at radius 2 is 1.85 bits per heavy atom. The van der Waals surface area contributed by atoms with Gasteiger partial charge in [0, 0.05) is 18.8 Å². The van der Waals surface area contributed by atoms with Crippen molar-refractivity contribution in [1.29, 1.82) is 0 Å². The predicted molar refractivity (Wildman–Crippen MR) is 104 cm³/mol. The SMILES string of the molecule is Cc1cccc(NC(=O)COc2ccc(S(=O)(=O)N3CCCC3)cc2C)c1. The fourth-order valence-corrected chi connectivity index (χ4v) is 4.69. The van der Waals surface area contributed by atoms with E-state index in [1.807, 2.05) is 31.2 Å². The summed E-state index contributed by atoms with van der Waals surface area (Å²) in [4.78, 5) is 12.3. The van der Waals surface area contributed by atoms with Crippen LogP contribution in [0.5, 0.6) is 5.75 Å². The summed E-state index contributed by atoms with van der Waals surface area (Å²) in [6.07, 6.45) is 1.80. The average Bonchev–Trinajstić information content (AvgIpc) is 3.16. The van der Waals surface area contributed by atoms with E-state index in [-0.39, 0.29) is 17.4 Å². The summed E-state index contributed by atoms with van der Waals surface area (Å²) < 4.78 is 32.3. The summed E-state index contributed by atoms with van der Waals surface area (Å²) in [5.41, 5.74) is 2.45. The van der Waals surface area contributed by atoms with Crippen LogP contribution in [0.1, 0.15) is 24.0 Å². The number of hydrogen-bond donors (Lipinski definition) is 1. The molecule has 2 aromatic carbocycles. The van der Waals surface area contributed by atoms with Gasteiger partial charge in [0.25, 0.3) is 5.91 Å². The highest BCUT2D eigenvalue weighted by Crippen LogP contribution is 2.26. The summed E-state index contributed by atoms with van der Waals surface area (Å²) in [6.45, 7) is 4.72. The normalized spacial score (nSPS) is 14.9. The Hall–Kier alpha value is -2.38. The first-order valence-electron chi connectivity index (χ1n) is 8.96. The number of benzene rings is 2. The van der Waals surface area contributed by atoms with Crippen molar-refractivity contribution in [1.82, 2.24) is 4.31 Å². The zero-order valence-electron chi connectivity index (χ0n) is 15.6. The fraction of sp³-hybridized carbons (Fsp3) is 0.350. The first-order valence-corrected chi connectivity index (χ1v) is 10.4. The molecule has 1 saturated heterocycles. The van der Waals surface area contributed by atoms with Gasteiger partial charge in [0.05, 0.1) is 4.90 Å². The Labute approximate surface area is 160 Å². The molecular weight excluding hydrogens is 364 g/mol. The van der Waals surface area contributed by atoms with E-state index in [2.05, 4.69) is 5.32 Å². The molecule has 0 saturated carbocycles. The number of aryl methyl sites for hydroxylation is 2. The highest BCUT2D eigenvalue weighted by molar-refractivity contribution is 7.89. The van der Waals surface area contributed by atoms with E-state index in [1.54, 1.807) is 19.1 Å². The van der Waals surface area contributed by atoms with Gasteiger partial charge in [-0.15, -0.1) is 0 Å². The van der Waals surface area contributed by atoms with Crippen LogP contribution in [-0.2, 0) is 14.8 Å². The van der Waals surface area contributed by atoms with Gasteiger partial charge in [-0.1, -0.05) is 12.1 Å². The standard InChI is InChI=1S/C20H24N2O4S/c1-15-6-5-7-17(12-15)21-20(23)14-26-19-9-8-18(13-16(19)2)27(24,25)22-10-3-4-11-22/h5-9,12-13H,3-4,10-11,14H2,1-2H3,(H,21,23). The van der Waals surface area contributed by atoms with Crippen LogP contribution in [-0.4, -0.2) is 38.3 Å². The molecule has 2 aromatic rings. The number of nitrogens with one attached hydrogen (secondary N) is 1. The molecule has 0 radical (unpaired) electrons. The Bertz CT molecular complexity index is 935. The molecule has 0 unspecified atom stereocenters. The number of sulfonamides is 1. The van der Waals surface area contributed by atoms with Crippen molar-refractivity contribution in [3.05, 3.63) is 53.6 Å². The number of anilines is 1. The summed E-state index contributed by atoms with van der Waals surface area (Å²) in [5.74, 6) is 0.225. The summed E-state index contributed by atoms with van der Waals surface area (Å²) >= 11 is 0.